The number of aliphatic hydroxyl groups excluding tert-OH is 2. The lowest BCUT2D eigenvalue weighted by atomic mass is 9.63. The van der Waals surface area contributed by atoms with Crippen LogP contribution in [-0.4, -0.2) is 22.9 Å². The second-order valence-corrected chi connectivity index (χ2v) is 5.62. The molecule has 72 valence electrons. The van der Waals surface area contributed by atoms with E-state index in [-0.39, 0.29) is 6.10 Å². The van der Waals surface area contributed by atoms with Gasteiger partial charge in [0.15, 0.2) is 0 Å². The van der Waals surface area contributed by atoms with Crippen molar-refractivity contribution in [1.82, 2.24) is 0 Å². The molecule has 4 bridgehead atoms. The fourth-order valence-electron chi connectivity index (χ4n) is 5.61. The van der Waals surface area contributed by atoms with Gasteiger partial charge in [0.25, 0.3) is 0 Å². The molecule has 13 heavy (non-hydrogen) atoms. The van der Waals surface area contributed by atoms with Gasteiger partial charge in [0.05, 0.1) is 6.10 Å². The van der Waals surface area contributed by atoms with Crippen LogP contribution in [-0.2, 0) is 0 Å². The summed E-state index contributed by atoms with van der Waals surface area (Å²) in [4.78, 5) is 0. The molecule has 0 aromatic carbocycles. The van der Waals surface area contributed by atoms with E-state index >= 15 is 0 Å². The molecule has 0 heterocycles. The van der Waals surface area contributed by atoms with Crippen LogP contribution in [0, 0.1) is 41.4 Å². The molecule has 2 heteroatoms. The first-order valence-corrected chi connectivity index (χ1v) is 5.62. The van der Waals surface area contributed by atoms with E-state index in [9.17, 15) is 10.2 Å². The Kier molecular flexibility index (Phi) is 1.09. The summed E-state index contributed by atoms with van der Waals surface area (Å²) in [6.07, 6.45) is 2.59. The average Bonchev–Trinajstić information content (AvgIpc) is 2.71. The van der Waals surface area contributed by atoms with Gasteiger partial charge in [-0.15, -0.1) is 0 Å². The predicted octanol–water partition coefficient (Wildman–Crippen LogP) is 0.488. The Morgan fingerprint density at radius 1 is 0.923 bits per heavy atom. The molecule has 2 nitrogen and oxygen atoms in total. The highest BCUT2D eigenvalue weighted by Crippen LogP contribution is 2.74. The summed E-state index contributed by atoms with van der Waals surface area (Å²) in [5.74, 6) is 4.81. The number of hydrogen-bond donors (Lipinski definition) is 2. The summed E-state index contributed by atoms with van der Waals surface area (Å²) >= 11 is 0. The van der Waals surface area contributed by atoms with Gasteiger partial charge in [-0.3, -0.25) is 0 Å². The van der Waals surface area contributed by atoms with Crippen LogP contribution in [0.5, 0.6) is 0 Å². The number of aliphatic hydroxyl groups is 2. The van der Waals surface area contributed by atoms with Gasteiger partial charge in [-0.1, -0.05) is 0 Å². The van der Waals surface area contributed by atoms with Crippen molar-refractivity contribution in [3.05, 3.63) is 0 Å². The molecule has 2 N–H and O–H groups in total. The maximum atomic E-state index is 10.0. The molecule has 0 amide bonds. The lowest BCUT2D eigenvalue weighted by Gasteiger charge is -2.44. The topological polar surface area (TPSA) is 40.5 Å². The first-order chi connectivity index (χ1) is 6.33. The molecule has 0 unspecified atom stereocenters. The third-order valence-corrected chi connectivity index (χ3v) is 5.70. The number of rotatable bonds is 1. The van der Waals surface area contributed by atoms with E-state index < -0.39 is 0 Å². The van der Waals surface area contributed by atoms with Gasteiger partial charge in [0, 0.05) is 6.61 Å². The third kappa shape index (κ3) is 0.556. The van der Waals surface area contributed by atoms with Crippen LogP contribution in [0.25, 0.3) is 0 Å². The van der Waals surface area contributed by atoms with Crippen LogP contribution in [0.15, 0.2) is 0 Å². The molecule has 8 atom stereocenters. The van der Waals surface area contributed by atoms with Crippen molar-refractivity contribution in [2.24, 2.45) is 41.4 Å². The number of fused-ring (bicyclic) bond motifs is 4. The molecule has 0 aliphatic heterocycles. The molecule has 0 aromatic heterocycles. The molecule has 4 saturated carbocycles. The van der Waals surface area contributed by atoms with E-state index in [4.69, 9.17) is 0 Å². The second-order valence-electron chi connectivity index (χ2n) is 5.62. The van der Waals surface area contributed by atoms with Gasteiger partial charge in [0.1, 0.15) is 0 Å². The summed E-state index contributed by atoms with van der Waals surface area (Å²) in [7, 11) is 0. The summed E-state index contributed by atoms with van der Waals surface area (Å²) in [5, 5.41) is 19.4. The molecule has 4 fully saturated rings. The van der Waals surface area contributed by atoms with Crippen LogP contribution in [0.2, 0.25) is 0 Å². The van der Waals surface area contributed by atoms with Crippen molar-refractivity contribution >= 4 is 0 Å². The molecule has 0 aromatic rings. The fourth-order valence-corrected chi connectivity index (χ4v) is 5.61. The Morgan fingerprint density at radius 3 is 2.38 bits per heavy atom. The molecule has 4 rings (SSSR count). The minimum absolute atomic E-state index is 0.00144. The molecule has 0 spiro atoms. The summed E-state index contributed by atoms with van der Waals surface area (Å²) in [5.41, 5.74) is 0. The van der Waals surface area contributed by atoms with E-state index in [0.717, 1.165) is 11.8 Å². The van der Waals surface area contributed by atoms with Crippen LogP contribution < -0.4 is 0 Å². The van der Waals surface area contributed by atoms with E-state index in [1.807, 2.05) is 0 Å². The Balaban J connectivity index is 1.84. The standard InChI is InChI=1S/C11H16O2/c12-3-8-6-1-4-5-2-7(9(4)8)11(13)10(5)6/h4-13H,1-3H2/t4-,5+,6-,7+,8+,9-,10-,11-/m0/s1. The van der Waals surface area contributed by atoms with Gasteiger partial charge in [-0.2, -0.15) is 0 Å². The molecular formula is C11H16O2. The van der Waals surface area contributed by atoms with Gasteiger partial charge >= 0.3 is 0 Å². The smallest absolute Gasteiger partial charge is 0.0605 e. The largest absolute Gasteiger partial charge is 0.396 e. The van der Waals surface area contributed by atoms with Crippen molar-refractivity contribution in [2.75, 3.05) is 6.61 Å². The lowest BCUT2D eigenvalue weighted by molar-refractivity contribution is -0.0655. The van der Waals surface area contributed by atoms with Crippen molar-refractivity contribution in [3.8, 4) is 0 Å². The van der Waals surface area contributed by atoms with E-state index in [1.54, 1.807) is 0 Å². The zero-order valence-corrected chi connectivity index (χ0v) is 7.63. The molecule has 0 radical (unpaired) electrons. The predicted molar refractivity (Wildman–Crippen MR) is 46.8 cm³/mol. The minimum Gasteiger partial charge on any atom is -0.396 e. The Hall–Kier alpha value is -0.0800. The maximum Gasteiger partial charge on any atom is 0.0605 e. The third-order valence-electron chi connectivity index (χ3n) is 5.70. The van der Waals surface area contributed by atoms with Gasteiger partial charge in [0.2, 0.25) is 0 Å². The quantitative estimate of drug-likeness (QED) is 0.616. The fraction of sp³-hybridized carbons (Fsp3) is 1.00. The zero-order valence-electron chi connectivity index (χ0n) is 7.63. The van der Waals surface area contributed by atoms with Crippen LogP contribution >= 0.6 is 0 Å². The summed E-state index contributed by atoms with van der Waals surface area (Å²) in [6, 6.07) is 0. The summed E-state index contributed by atoms with van der Waals surface area (Å²) < 4.78 is 0. The summed E-state index contributed by atoms with van der Waals surface area (Å²) in [6.45, 7) is 0.373. The average molecular weight is 180 g/mol. The van der Waals surface area contributed by atoms with Crippen molar-refractivity contribution in [2.45, 2.75) is 18.9 Å². The van der Waals surface area contributed by atoms with Gasteiger partial charge < -0.3 is 10.2 Å². The molecule has 4 aliphatic rings. The van der Waals surface area contributed by atoms with Crippen LogP contribution in [0.4, 0.5) is 0 Å². The van der Waals surface area contributed by atoms with Crippen LogP contribution in [0.1, 0.15) is 12.8 Å². The molecular weight excluding hydrogens is 164 g/mol. The SMILES string of the molecule is OC[C@@H]1[C@@H]2C[C@H]3[C@H]4C[C@@H]([C@H](O)[C@@H]42)[C@@H]13. The van der Waals surface area contributed by atoms with E-state index in [1.165, 1.54) is 12.8 Å². The highest BCUT2D eigenvalue weighted by Gasteiger charge is 2.72. The highest BCUT2D eigenvalue weighted by molar-refractivity contribution is 5.20. The van der Waals surface area contributed by atoms with Crippen molar-refractivity contribution in [1.29, 1.82) is 0 Å². The highest BCUT2D eigenvalue weighted by atomic mass is 16.3. The maximum absolute atomic E-state index is 10.0. The van der Waals surface area contributed by atoms with Gasteiger partial charge in [-0.25, -0.2) is 0 Å². The Morgan fingerprint density at radius 2 is 1.62 bits per heavy atom. The minimum atomic E-state index is 0.00144. The first kappa shape index (κ1) is 7.24. The zero-order chi connectivity index (χ0) is 8.74. The van der Waals surface area contributed by atoms with Gasteiger partial charge in [-0.05, 0) is 54.3 Å². The lowest BCUT2D eigenvalue weighted by Crippen LogP contribution is -2.46. The Labute approximate surface area is 78.0 Å². The van der Waals surface area contributed by atoms with Crippen LogP contribution in [0.3, 0.4) is 0 Å². The van der Waals surface area contributed by atoms with Crippen molar-refractivity contribution in [3.63, 3.8) is 0 Å². The normalized spacial score (nSPS) is 71.5. The van der Waals surface area contributed by atoms with E-state index in [0.29, 0.717) is 36.2 Å². The molecule has 4 aliphatic carbocycles. The Bertz CT molecular complexity index is 263. The molecule has 0 saturated heterocycles. The van der Waals surface area contributed by atoms with Crippen molar-refractivity contribution < 1.29 is 10.2 Å². The van der Waals surface area contributed by atoms with E-state index in [2.05, 4.69) is 0 Å². The number of hydrogen-bond acceptors (Lipinski definition) is 2. The first-order valence-electron chi connectivity index (χ1n) is 5.62. The monoisotopic (exact) mass is 180 g/mol. The second kappa shape index (κ2) is 1.96.